The van der Waals surface area contributed by atoms with E-state index >= 15 is 0 Å². The summed E-state index contributed by atoms with van der Waals surface area (Å²) in [6, 6.07) is 6.92. The van der Waals surface area contributed by atoms with Gasteiger partial charge in [0.15, 0.2) is 0 Å². The van der Waals surface area contributed by atoms with Crippen LogP contribution in [0.4, 0.5) is 0 Å². The van der Waals surface area contributed by atoms with Gasteiger partial charge in [-0.15, -0.1) is 0 Å². The van der Waals surface area contributed by atoms with Crippen molar-refractivity contribution in [2.24, 2.45) is 11.7 Å². The lowest BCUT2D eigenvalue weighted by molar-refractivity contribution is 0.141. The summed E-state index contributed by atoms with van der Waals surface area (Å²) in [5, 5.41) is 0. The number of nitrogens with two attached hydrogens (primary N) is 1. The molecule has 1 aliphatic carbocycles. The molecule has 3 heteroatoms. The highest BCUT2D eigenvalue weighted by Crippen LogP contribution is 2.33. The Kier molecular flexibility index (Phi) is 5.65. The van der Waals surface area contributed by atoms with Gasteiger partial charge in [-0.05, 0) is 48.6 Å². The fraction of sp³-hybridized carbons (Fsp3) is 0.667. The molecular weight excluding hydrogens is 260 g/mol. The Morgan fingerprint density at radius 2 is 2.14 bits per heavy atom. The second kappa shape index (κ2) is 7.28. The van der Waals surface area contributed by atoms with Gasteiger partial charge in [0, 0.05) is 18.6 Å². The molecule has 0 radical (unpaired) electrons. The third-order valence-corrected chi connectivity index (χ3v) is 4.95. The van der Waals surface area contributed by atoms with E-state index in [1.807, 2.05) is 6.07 Å². The molecule has 0 amide bonds. The van der Waals surface area contributed by atoms with E-state index in [9.17, 15) is 0 Å². The van der Waals surface area contributed by atoms with E-state index in [-0.39, 0.29) is 6.04 Å². The van der Waals surface area contributed by atoms with Crippen molar-refractivity contribution in [1.29, 1.82) is 0 Å². The first-order valence-corrected chi connectivity index (χ1v) is 8.27. The summed E-state index contributed by atoms with van der Waals surface area (Å²) in [4.78, 5) is 2.58. The van der Waals surface area contributed by atoms with Crippen LogP contribution in [0.1, 0.15) is 50.8 Å². The first-order valence-electron chi connectivity index (χ1n) is 8.27. The molecule has 1 aromatic carbocycles. The lowest BCUT2D eigenvalue weighted by Crippen LogP contribution is -2.46. The molecule has 1 aromatic rings. The number of nitrogens with zero attached hydrogens (tertiary/aromatic N) is 1. The van der Waals surface area contributed by atoms with Crippen LogP contribution in [0.15, 0.2) is 18.2 Å². The molecule has 0 saturated carbocycles. The predicted octanol–water partition coefficient (Wildman–Crippen LogP) is 3.38. The van der Waals surface area contributed by atoms with Crippen molar-refractivity contribution in [3.63, 3.8) is 0 Å². The van der Waals surface area contributed by atoms with Gasteiger partial charge in [0.25, 0.3) is 0 Å². The van der Waals surface area contributed by atoms with Crippen molar-refractivity contribution in [3.05, 3.63) is 29.3 Å². The highest BCUT2D eigenvalue weighted by Gasteiger charge is 2.31. The summed E-state index contributed by atoms with van der Waals surface area (Å²) in [5.74, 6) is 1.67. The maximum absolute atomic E-state index is 6.59. The second-order valence-electron chi connectivity index (χ2n) is 6.30. The van der Waals surface area contributed by atoms with Gasteiger partial charge in [-0.1, -0.05) is 33.3 Å². The Balaban J connectivity index is 2.16. The molecular formula is C18H30N2O. The molecule has 0 bridgehead atoms. The van der Waals surface area contributed by atoms with Gasteiger partial charge in [0.2, 0.25) is 0 Å². The fourth-order valence-corrected chi connectivity index (χ4v) is 3.38. The van der Waals surface area contributed by atoms with Crippen molar-refractivity contribution in [3.8, 4) is 5.75 Å². The highest BCUT2D eigenvalue weighted by atomic mass is 16.5. The van der Waals surface area contributed by atoms with Crippen LogP contribution in [0.3, 0.4) is 0 Å². The minimum absolute atomic E-state index is 0.115. The minimum Gasteiger partial charge on any atom is -0.497 e. The molecule has 0 fully saturated rings. The van der Waals surface area contributed by atoms with Crippen LogP contribution < -0.4 is 10.5 Å². The molecule has 0 saturated heterocycles. The number of likely N-dealkylation sites (N-methyl/N-ethyl adjacent to an activating group) is 1. The number of hydrogen-bond donors (Lipinski definition) is 1. The molecule has 1 aliphatic rings. The molecule has 2 N–H and O–H groups in total. The predicted molar refractivity (Wildman–Crippen MR) is 88.7 cm³/mol. The van der Waals surface area contributed by atoms with Gasteiger partial charge in [0.05, 0.1) is 7.11 Å². The molecule has 3 nitrogen and oxygen atoms in total. The summed E-state index contributed by atoms with van der Waals surface area (Å²) < 4.78 is 5.33. The van der Waals surface area contributed by atoms with Crippen LogP contribution >= 0.6 is 0 Å². The Morgan fingerprint density at radius 3 is 2.76 bits per heavy atom. The molecule has 0 aromatic heterocycles. The van der Waals surface area contributed by atoms with Crippen LogP contribution in [-0.4, -0.2) is 31.1 Å². The normalized spacial score (nSPS) is 23.0. The number of benzene rings is 1. The summed E-state index contributed by atoms with van der Waals surface area (Å²) in [6.45, 7) is 9.07. The maximum Gasteiger partial charge on any atom is 0.119 e. The second-order valence-corrected chi connectivity index (χ2v) is 6.30. The van der Waals surface area contributed by atoms with Crippen molar-refractivity contribution in [1.82, 2.24) is 4.90 Å². The molecule has 2 rings (SSSR count). The average molecular weight is 290 g/mol. The van der Waals surface area contributed by atoms with Crippen LogP contribution in [0.2, 0.25) is 0 Å². The zero-order chi connectivity index (χ0) is 15.4. The number of hydrogen-bond acceptors (Lipinski definition) is 3. The van der Waals surface area contributed by atoms with Crippen LogP contribution in [0.5, 0.6) is 5.75 Å². The smallest absolute Gasteiger partial charge is 0.119 e. The van der Waals surface area contributed by atoms with Crippen LogP contribution in [-0.2, 0) is 6.42 Å². The topological polar surface area (TPSA) is 38.5 Å². The zero-order valence-corrected chi connectivity index (χ0v) is 13.9. The number of aryl methyl sites for hydroxylation is 1. The van der Waals surface area contributed by atoms with E-state index in [2.05, 4.69) is 37.8 Å². The van der Waals surface area contributed by atoms with Gasteiger partial charge in [-0.25, -0.2) is 0 Å². The lowest BCUT2D eigenvalue weighted by Gasteiger charge is -2.40. The summed E-state index contributed by atoms with van der Waals surface area (Å²) in [5.41, 5.74) is 9.25. The van der Waals surface area contributed by atoms with Crippen molar-refractivity contribution < 1.29 is 4.74 Å². The Hall–Kier alpha value is -1.06. The monoisotopic (exact) mass is 290 g/mol. The van der Waals surface area contributed by atoms with E-state index in [0.717, 1.165) is 37.6 Å². The standard InChI is InChI=1S/C18H30N2O/c1-5-13(3)12-20(6-2)17-10-7-14-11-15(21-4)8-9-16(14)18(17)19/h8-9,11,13,17-18H,5-7,10,12,19H2,1-4H3. The van der Waals surface area contributed by atoms with Crippen LogP contribution in [0, 0.1) is 5.92 Å². The Labute approximate surface area is 129 Å². The van der Waals surface area contributed by atoms with E-state index in [0.29, 0.717) is 6.04 Å². The Bertz CT molecular complexity index is 461. The number of methoxy groups -OCH3 is 1. The first kappa shape index (κ1) is 16.3. The molecule has 0 spiro atoms. The summed E-state index contributed by atoms with van der Waals surface area (Å²) in [7, 11) is 1.72. The fourth-order valence-electron chi connectivity index (χ4n) is 3.38. The number of ether oxygens (including phenoxy) is 1. The van der Waals surface area contributed by atoms with E-state index in [4.69, 9.17) is 10.5 Å². The molecule has 118 valence electrons. The quantitative estimate of drug-likeness (QED) is 0.873. The zero-order valence-electron chi connectivity index (χ0n) is 13.9. The van der Waals surface area contributed by atoms with Gasteiger partial charge < -0.3 is 10.5 Å². The molecule has 3 atom stereocenters. The Morgan fingerprint density at radius 1 is 1.38 bits per heavy atom. The third-order valence-electron chi connectivity index (χ3n) is 4.95. The lowest BCUT2D eigenvalue weighted by atomic mass is 9.83. The summed E-state index contributed by atoms with van der Waals surface area (Å²) >= 11 is 0. The van der Waals surface area contributed by atoms with Crippen molar-refractivity contribution >= 4 is 0 Å². The molecule has 0 aliphatic heterocycles. The maximum atomic E-state index is 6.59. The number of rotatable bonds is 6. The number of fused-ring (bicyclic) bond motifs is 1. The van der Waals surface area contributed by atoms with E-state index in [1.165, 1.54) is 17.5 Å². The van der Waals surface area contributed by atoms with Gasteiger partial charge in [0.1, 0.15) is 5.75 Å². The van der Waals surface area contributed by atoms with Gasteiger partial charge in [-0.3, -0.25) is 4.90 Å². The first-order chi connectivity index (χ1) is 10.1. The van der Waals surface area contributed by atoms with E-state index in [1.54, 1.807) is 7.11 Å². The molecule has 3 unspecified atom stereocenters. The third kappa shape index (κ3) is 3.58. The van der Waals surface area contributed by atoms with Gasteiger partial charge >= 0.3 is 0 Å². The van der Waals surface area contributed by atoms with E-state index < -0.39 is 0 Å². The SMILES string of the molecule is CCC(C)CN(CC)C1CCc2cc(OC)ccc2C1N. The van der Waals surface area contributed by atoms with Gasteiger partial charge in [-0.2, -0.15) is 0 Å². The molecule has 0 heterocycles. The van der Waals surface area contributed by atoms with Crippen molar-refractivity contribution in [2.45, 2.75) is 52.1 Å². The highest BCUT2D eigenvalue weighted by molar-refractivity contribution is 5.40. The van der Waals surface area contributed by atoms with Crippen LogP contribution in [0.25, 0.3) is 0 Å². The molecule has 21 heavy (non-hydrogen) atoms. The van der Waals surface area contributed by atoms with Crippen molar-refractivity contribution in [2.75, 3.05) is 20.2 Å². The minimum atomic E-state index is 0.115. The average Bonchev–Trinajstić information content (AvgIpc) is 2.52. The summed E-state index contributed by atoms with van der Waals surface area (Å²) in [6.07, 6.45) is 3.47. The largest absolute Gasteiger partial charge is 0.497 e.